The van der Waals surface area contributed by atoms with Crippen LogP contribution in [0.1, 0.15) is 328 Å². The molecule has 0 aromatic heterocycles. The van der Waals surface area contributed by atoms with Crippen molar-refractivity contribution < 1.29 is 39.8 Å². The second-order valence-corrected chi connectivity index (χ2v) is 22.6. The third kappa shape index (κ3) is 42.1. The van der Waals surface area contributed by atoms with Crippen molar-refractivity contribution in [1.29, 1.82) is 0 Å². The Morgan fingerprint density at radius 1 is 0.458 bits per heavy atom. The Bertz CT molecular complexity index is 1140. The number of nitrogens with one attached hydrogen (secondary N) is 1. The predicted molar refractivity (Wildman–Crippen MR) is 304 cm³/mol. The van der Waals surface area contributed by atoms with Crippen LogP contribution < -0.4 is 5.32 Å². The second kappa shape index (κ2) is 53.3. The van der Waals surface area contributed by atoms with Crippen molar-refractivity contribution in [2.45, 2.75) is 371 Å². The van der Waals surface area contributed by atoms with E-state index in [4.69, 9.17) is 9.47 Å². The molecule has 9 nitrogen and oxygen atoms in total. The maximum atomic E-state index is 13.1. The lowest BCUT2D eigenvalue weighted by Crippen LogP contribution is -2.60. The first-order valence-electron chi connectivity index (χ1n) is 31.9. The summed E-state index contributed by atoms with van der Waals surface area (Å²) in [5.41, 5.74) is 0. The molecule has 0 spiro atoms. The number of hydrogen-bond acceptors (Lipinski definition) is 8. The molecule has 0 radical (unpaired) electrons. The molecule has 1 rings (SSSR count). The van der Waals surface area contributed by atoms with Crippen LogP contribution in [0.3, 0.4) is 0 Å². The Balaban J connectivity index is 2.16. The van der Waals surface area contributed by atoms with Crippen LogP contribution in [-0.2, 0) is 14.3 Å². The van der Waals surface area contributed by atoms with Gasteiger partial charge in [0.15, 0.2) is 6.29 Å². The highest BCUT2D eigenvalue weighted by molar-refractivity contribution is 5.76. The fourth-order valence-corrected chi connectivity index (χ4v) is 10.6. The monoisotopic (exact) mass is 1020 g/mol. The maximum absolute atomic E-state index is 13.1. The van der Waals surface area contributed by atoms with Crippen LogP contribution in [-0.4, -0.2) is 87.5 Å². The van der Waals surface area contributed by atoms with Gasteiger partial charge < -0.3 is 40.3 Å². The van der Waals surface area contributed by atoms with Crippen molar-refractivity contribution in [3.8, 4) is 0 Å². The van der Waals surface area contributed by atoms with Gasteiger partial charge in [-0.15, -0.1) is 0 Å². The molecule has 9 heteroatoms. The van der Waals surface area contributed by atoms with E-state index in [1.54, 1.807) is 0 Å². The first-order chi connectivity index (χ1) is 35.3. The smallest absolute Gasteiger partial charge is 0.220 e. The van der Waals surface area contributed by atoms with E-state index in [1.165, 1.54) is 263 Å². The topological polar surface area (TPSA) is 149 Å². The molecular weight excluding hydrogens is 899 g/mol. The van der Waals surface area contributed by atoms with E-state index in [2.05, 4.69) is 31.3 Å². The minimum atomic E-state index is -1.55. The average Bonchev–Trinajstić information content (AvgIpc) is 3.38. The number of ether oxygens (including phenoxy) is 2. The summed E-state index contributed by atoms with van der Waals surface area (Å²) in [4.78, 5) is 13.1. The van der Waals surface area contributed by atoms with Crippen molar-refractivity contribution in [3.63, 3.8) is 0 Å². The predicted octanol–water partition coefficient (Wildman–Crippen LogP) is 16.4. The quantitative estimate of drug-likeness (QED) is 0.0261. The number of hydrogen-bond donors (Lipinski definition) is 6. The molecule has 428 valence electrons. The summed E-state index contributed by atoms with van der Waals surface area (Å²) in [6.45, 7) is 3.89. The van der Waals surface area contributed by atoms with E-state index >= 15 is 0 Å². The summed E-state index contributed by atoms with van der Waals surface area (Å²) in [5, 5.41) is 54.8. The van der Waals surface area contributed by atoms with Gasteiger partial charge in [-0.3, -0.25) is 4.79 Å². The van der Waals surface area contributed by atoms with Crippen LogP contribution in [0.15, 0.2) is 12.2 Å². The lowest BCUT2D eigenvalue weighted by Gasteiger charge is -2.40. The Morgan fingerprint density at radius 2 is 0.778 bits per heavy atom. The number of aliphatic hydroxyl groups is 5. The first kappa shape index (κ1) is 68.9. The van der Waals surface area contributed by atoms with Gasteiger partial charge in [-0.25, -0.2) is 0 Å². The van der Waals surface area contributed by atoms with Gasteiger partial charge in [-0.2, -0.15) is 0 Å². The molecule has 1 amide bonds. The second-order valence-electron chi connectivity index (χ2n) is 22.6. The minimum Gasteiger partial charge on any atom is -0.394 e. The lowest BCUT2D eigenvalue weighted by molar-refractivity contribution is -0.302. The molecule has 1 saturated heterocycles. The van der Waals surface area contributed by atoms with Gasteiger partial charge in [-0.1, -0.05) is 296 Å². The van der Waals surface area contributed by atoms with E-state index in [9.17, 15) is 30.3 Å². The van der Waals surface area contributed by atoms with Gasteiger partial charge in [0.1, 0.15) is 24.4 Å². The molecule has 1 heterocycles. The fraction of sp³-hybridized carbons (Fsp3) is 0.952. The third-order valence-corrected chi connectivity index (χ3v) is 15.6. The molecular formula is C63H123NO8. The Kier molecular flexibility index (Phi) is 51.1. The van der Waals surface area contributed by atoms with Crippen LogP contribution >= 0.6 is 0 Å². The van der Waals surface area contributed by atoms with Gasteiger partial charge in [0.2, 0.25) is 5.91 Å². The van der Waals surface area contributed by atoms with Crippen LogP contribution in [0.4, 0.5) is 0 Å². The van der Waals surface area contributed by atoms with Crippen molar-refractivity contribution in [1.82, 2.24) is 5.32 Å². The molecule has 1 aliphatic rings. The first-order valence-corrected chi connectivity index (χ1v) is 31.9. The fourth-order valence-electron chi connectivity index (χ4n) is 10.6. The highest BCUT2D eigenvalue weighted by Gasteiger charge is 2.44. The van der Waals surface area contributed by atoms with Gasteiger partial charge >= 0.3 is 0 Å². The molecule has 7 atom stereocenters. The molecule has 6 N–H and O–H groups in total. The van der Waals surface area contributed by atoms with Crippen molar-refractivity contribution >= 4 is 5.91 Å². The van der Waals surface area contributed by atoms with E-state index < -0.39 is 49.5 Å². The Labute approximate surface area is 446 Å². The lowest BCUT2D eigenvalue weighted by atomic mass is 9.99. The standard InChI is InChI=1S/C63H123NO8/c1-3-5-7-9-11-13-15-17-19-21-23-25-27-29-30-32-34-36-38-40-42-44-46-48-50-52-57(66)56(55-71-63-62(70)61(69)60(68)58(54-65)72-63)64-59(67)53-51-49-47-45-43-41-39-37-35-33-31-28-26-24-22-20-18-16-14-12-10-8-6-4-2/h31,33,56-58,60-63,65-66,68-70H,3-30,32,34-55H2,1-2H3,(H,64,67)/b33-31-. The molecule has 0 aliphatic carbocycles. The molecule has 7 unspecified atom stereocenters. The van der Waals surface area contributed by atoms with E-state index in [0.29, 0.717) is 12.8 Å². The van der Waals surface area contributed by atoms with E-state index in [-0.39, 0.29) is 12.5 Å². The maximum Gasteiger partial charge on any atom is 0.220 e. The van der Waals surface area contributed by atoms with E-state index in [1.807, 2.05) is 0 Å². The zero-order valence-electron chi connectivity index (χ0n) is 47.7. The van der Waals surface area contributed by atoms with Crippen molar-refractivity contribution in [2.24, 2.45) is 0 Å². The van der Waals surface area contributed by atoms with Gasteiger partial charge in [0, 0.05) is 6.42 Å². The molecule has 0 bridgehead atoms. The highest BCUT2D eigenvalue weighted by atomic mass is 16.7. The molecule has 0 aromatic rings. The van der Waals surface area contributed by atoms with Gasteiger partial charge in [0.05, 0.1) is 25.4 Å². The molecule has 1 fully saturated rings. The summed E-state index contributed by atoms with van der Waals surface area (Å²) in [6, 6.07) is -0.719. The van der Waals surface area contributed by atoms with E-state index in [0.717, 1.165) is 38.5 Å². The number of carbonyl (C=O) groups is 1. The number of rotatable bonds is 56. The summed E-state index contributed by atoms with van der Waals surface area (Å²) in [7, 11) is 0. The highest BCUT2D eigenvalue weighted by Crippen LogP contribution is 2.24. The zero-order valence-corrected chi connectivity index (χ0v) is 47.7. The third-order valence-electron chi connectivity index (χ3n) is 15.6. The zero-order chi connectivity index (χ0) is 52.2. The number of aliphatic hydroxyl groups excluding tert-OH is 5. The number of unbranched alkanes of at least 4 members (excludes halogenated alkanes) is 44. The molecule has 0 saturated carbocycles. The molecule has 0 aromatic carbocycles. The Hall–Kier alpha value is -1.07. The Morgan fingerprint density at radius 3 is 1.12 bits per heavy atom. The number of carbonyl (C=O) groups excluding carboxylic acids is 1. The normalized spacial score (nSPS) is 19.1. The van der Waals surface area contributed by atoms with Crippen LogP contribution in [0.2, 0.25) is 0 Å². The number of amides is 1. The van der Waals surface area contributed by atoms with Crippen LogP contribution in [0.5, 0.6) is 0 Å². The SMILES string of the molecule is CCCCCCCCCCCCCC/C=C\CCCCCCCCCCC(=O)NC(COC1OC(CO)C(O)C(O)C1O)C(O)CCCCCCCCCCCCCCCCCCCCCCCCCCC. The van der Waals surface area contributed by atoms with Crippen molar-refractivity contribution in [2.75, 3.05) is 13.2 Å². The minimum absolute atomic E-state index is 0.135. The number of allylic oxidation sites excluding steroid dienone is 2. The molecule has 72 heavy (non-hydrogen) atoms. The van der Waals surface area contributed by atoms with Crippen LogP contribution in [0.25, 0.3) is 0 Å². The van der Waals surface area contributed by atoms with Crippen LogP contribution in [0, 0.1) is 0 Å². The average molecular weight is 1020 g/mol. The molecule has 1 aliphatic heterocycles. The summed E-state index contributed by atoms with van der Waals surface area (Å²) >= 11 is 0. The van der Waals surface area contributed by atoms with Gasteiger partial charge in [0.25, 0.3) is 0 Å². The van der Waals surface area contributed by atoms with Crippen molar-refractivity contribution in [3.05, 3.63) is 12.2 Å². The summed E-state index contributed by atoms with van der Waals surface area (Å²) in [5.74, 6) is -0.141. The largest absolute Gasteiger partial charge is 0.394 e. The summed E-state index contributed by atoms with van der Waals surface area (Å²) in [6.07, 6.45) is 59.7. The van der Waals surface area contributed by atoms with Gasteiger partial charge in [-0.05, 0) is 38.5 Å². The summed E-state index contributed by atoms with van der Waals surface area (Å²) < 4.78 is 11.3.